The van der Waals surface area contributed by atoms with Gasteiger partial charge in [-0.15, -0.1) is 0 Å². The van der Waals surface area contributed by atoms with E-state index in [1.54, 1.807) is 36.7 Å². The van der Waals surface area contributed by atoms with E-state index in [4.69, 9.17) is 4.74 Å². The highest BCUT2D eigenvalue weighted by Gasteiger charge is 2.48. The van der Waals surface area contributed by atoms with Crippen molar-refractivity contribution in [1.82, 2.24) is 19.8 Å². The third-order valence-electron chi connectivity index (χ3n) is 4.99. The molecule has 2 aromatic heterocycles. The molecule has 0 unspecified atom stereocenters. The molecule has 0 N–H and O–H groups in total. The Labute approximate surface area is 158 Å². The number of ether oxygens (including phenoxy) is 1. The lowest BCUT2D eigenvalue weighted by molar-refractivity contribution is -0.170. The van der Waals surface area contributed by atoms with Gasteiger partial charge in [0, 0.05) is 44.4 Å². The van der Waals surface area contributed by atoms with Crippen LogP contribution < -0.4 is 0 Å². The van der Waals surface area contributed by atoms with Gasteiger partial charge in [-0.1, -0.05) is 12.1 Å². The molecule has 7 nitrogen and oxygen atoms in total. The summed E-state index contributed by atoms with van der Waals surface area (Å²) in [6.45, 7) is 0.369. The van der Waals surface area contributed by atoms with E-state index in [0.717, 1.165) is 24.0 Å². The number of hydrogen-bond donors (Lipinski definition) is 0. The molecule has 1 aliphatic heterocycles. The number of carbonyl (C=O) groups is 2. The summed E-state index contributed by atoms with van der Waals surface area (Å²) in [7, 11) is 1.75. The van der Waals surface area contributed by atoms with Gasteiger partial charge in [-0.2, -0.15) is 0 Å². The van der Waals surface area contributed by atoms with Gasteiger partial charge in [-0.25, -0.2) is 0 Å². The van der Waals surface area contributed by atoms with Crippen LogP contribution >= 0.6 is 0 Å². The number of carbonyl (C=O) groups excluding carboxylic acids is 2. The molecule has 7 heteroatoms. The molecule has 27 heavy (non-hydrogen) atoms. The van der Waals surface area contributed by atoms with Crippen LogP contribution in [0.4, 0.5) is 0 Å². The lowest BCUT2D eigenvalue weighted by atomic mass is 9.97. The Morgan fingerprint density at radius 3 is 2.59 bits per heavy atom. The maximum Gasteiger partial charge on any atom is 0.254 e. The Morgan fingerprint density at radius 1 is 1.22 bits per heavy atom. The number of amides is 2. The summed E-state index contributed by atoms with van der Waals surface area (Å²) in [5.74, 6) is -0.212. The first-order chi connectivity index (χ1) is 13.1. The van der Waals surface area contributed by atoms with Gasteiger partial charge in [-0.3, -0.25) is 19.6 Å². The molecule has 4 rings (SSSR count). The van der Waals surface area contributed by atoms with Crippen molar-refractivity contribution in [3.05, 3.63) is 60.2 Å². The number of aromatic nitrogens is 2. The second-order valence-electron chi connectivity index (χ2n) is 7.05. The average Bonchev–Trinajstić information content (AvgIpc) is 3.53. The number of morpholine rings is 1. The Bertz CT molecular complexity index is 810. The van der Waals surface area contributed by atoms with Crippen LogP contribution in [0, 0.1) is 0 Å². The number of likely N-dealkylation sites (N-methyl/N-ethyl adjacent to an activating group) is 1. The number of hydrogen-bond acceptors (Lipinski definition) is 5. The summed E-state index contributed by atoms with van der Waals surface area (Å²) in [5, 5.41) is 0. The molecule has 140 valence electrons. The van der Waals surface area contributed by atoms with E-state index in [2.05, 4.69) is 9.97 Å². The zero-order valence-corrected chi connectivity index (χ0v) is 15.2. The Hall–Kier alpha value is -2.80. The lowest BCUT2D eigenvalue weighted by Crippen LogP contribution is -2.55. The maximum absolute atomic E-state index is 13.2. The quantitative estimate of drug-likeness (QED) is 0.803. The fourth-order valence-electron chi connectivity index (χ4n) is 3.56. The Balaban J connectivity index is 1.60. The minimum Gasteiger partial charge on any atom is -0.356 e. The van der Waals surface area contributed by atoms with Crippen LogP contribution in [0.5, 0.6) is 0 Å². The molecule has 2 aromatic rings. The molecule has 2 atom stereocenters. The zero-order valence-electron chi connectivity index (χ0n) is 15.2. The second kappa shape index (κ2) is 7.44. The third kappa shape index (κ3) is 3.68. The van der Waals surface area contributed by atoms with Crippen LogP contribution in [0.3, 0.4) is 0 Å². The first-order valence-corrected chi connectivity index (χ1v) is 9.11. The number of pyridine rings is 2. The van der Waals surface area contributed by atoms with Gasteiger partial charge in [0.05, 0.1) is 6.04 Å². The topological polar surface area (TPSA) is 75.6 Å². The van der Waals surface area contributed by atoms with Crippen LogP contribution in [-0.4, -0.2) is 57.4 Å². The average molecular weight is 366 g/mol. The lowest BCUT2D eigenvalue weighted by Gasteiger charge is -2.41. The SMILES string of the molecule is CN(Cc1cccnc1)C(=O)[C@H]1OCC(=O)N(C2CC2)[C@@H]1c1cccnc1. The molecule has 1 saturated heterocycles. The van der Waals surface area contributed by atoms with Gasteiger partial charge in [0.15, 0.2) is 6.10 Å². The van der Waals surface area contributed by atoms with Gasteiger partial charge in [0.25, 0.3) is 5.91 Å². The first-order valence-electron chi connectivity index (χ1n) is 9.11. The number of nitrogens with zero attached hydrogens (tertiary/aromatic N) is 4. The predicted octanol–water partition coefficient (Wildman–Crippen LogP) is 1.57. The van der Waals surface area contributed by atoms with Crippen LogP contribution in [0.15, 0.2) is 49.1 Å². The van der Waals surface area contributed by atoms with Crippen molar-refractivity contribution >= 4 is 11.8 Å². The van der Waals surface area contributed by atoms with Crippen molar-refractivity contribution in [2.45, 2.75) is 37.6 Å². The van der Waals surface area contributed by atoms with Crippen LogP contribution in [-0.2, 0) is 20.9 Å². The van der Waals surface area contributed by atoms with Crippen LogP contribution in [0.1, 0.15) is 30.0 Å². The van der Waals surface area contributed by atoms with Crippen molar-refractivity contribution in [3.63, 3.8) is 0 Å². The highest BCUT2D eigenvalue weighted by atomic mass is 16.5. The van der Waals surface area contributed by atoms with E-state index in [0.29, 0.717) is 6.54 Å². The van der Waals surface area contributed by atoms with Crippen molar-refractivity contribution in [3.8, 4) is 0 Å². The van der Waals surface area contributed by atoms with Gasteiger partial charge >= 0.3 is 0 Å². The zero-order chi connectivity index (χ0) is 18.8. The molecular formula is C20H22N4O3. The molecular weight excluding hydrogens is 344 g/mol. The Kier molecular flexibility index (Phi) is 4.85. The van der Waals surface area contributed by atoms with Gasteiger partial charge < -0.3 is 14.5 Å². The van der Waals surface area contributed by atoms with Gasteiger partial charge in [0.2, 0.25) is 5.91 Å². The summed E-state index contributed by atoms with van der Waals surface area (Å²) in [4.78, 5) is 37.5. The molecule has 0 aromatic carbocycles. The summed E-state index contributed by atoms with van der Waals surface area (Å²) in [5.41, 5.74) is 1.77. The van der Waals surface area contributed by atoms with Crippen molar-refractivity contribution in [2.24, 2.45) is 0 Å². The van der Waals surface area contributed by atoms with E-state index >= 15 is 0 Å². The summed E-state index contributed by atoms with van der Waals surface area (Å²) >= 11 is 0. The summed E-state index contributed by atoms with van der Waals surface area (Å²) in [6, 6.07) is 7.23. The molecule has 1 aliphatic carbocycles. The van der Waals surface area contributed by atoms with Crippen molar-refractivity contribution < 1.29 is 14.3 Å². The largest absolute Gasteiger partial charge is 0.356 e. The smallest absolute Gasteiger partial charge is 0.254 e. The molecule has 0 radical (unpaired) electrons. The number of rotatable bonds is 5. The normalized spacial score (nSPS) is 22.6. The maximum atomic E-state index is 13.2. The van der Waals surface area contributed by atoms with E-state index in [1.165, 1.54) is 0 Å². The summed E-state index contributed by atoms with van der Waals surface area (Å²) < 4.78 is 5.76. The van der Waals surface area contributed by atoms with E-state index in [1.807, 2.05) is 29.2 Å². The molecule has 2 aliphatic rings. The summed E-state index contributed by atoms with van der Waals surface area (Å²) in [6.07, 6.45) is 8.03. The van der Waals surface area contributed by atoms with E-state index < -0.39 is 12.1 Å². The highest BCUT2D eigenvalue weighted by molar-refractivity contribution is 5.86. The highest BCUT2D eigenvalue weighted by Crippen LogP contribution is 2.39. The molecule has 0 bridgehead atoms. The van der Waals surface area contributed by atoms with Crippen LogP contribution in [0.25, 0.3) is 0 Å². The molecule has 0 spiro atoms. The standard InChI is InChI=1S/C20H22N4O3/c1-23(12-14-4-2-8-21-10-14)20(26)19-18(15-5-3-9-22-11-15)24(16-6-7-16)17(25)13-27-19/h2-5,8-11,16,18-19H,6-7,12-13H2,1H3/t18-,19+/m1/s1. The Morgan fingerprint density at radius 2 is 1.96 bits per heavy atom. The van der Waals surface area contributed by atoms with E-state index in [-0.39, 0.29) is 24.5 Å². The predicted molar refractivity (Wildman–Crippen MR) is 97.3 cm³/mol. The second-order valence-corrected chi connectivity index (χ2v) is 7.05. The minimum atomic E-state index is -0.742. The monoisotopic (exact) mass is 366 g/mol. The fraction of sp³-hybridized carbons (Fsp3) is 0.400. The third-order valence-corrected chi connectivity index (χ3v) is 4.99. The van der Waals surface area contributed by atoms with Gasteiger partial charge in [-0.05, 0) is 36.1 Å². The molecule has 2 fully saturated rings. The molecule has 3 heterocycles. The van der Waals surface area contributed by atoms with E-state index in [9.17, 15) is 9.59 Å². The minimum absolute atomic E-state index is 0.0645. The molecule has 2 amide bonds. The molecule has 1 saturated carbocycles. The fourth-order valence-corrected chi connectivity index (χ4v) is 3.56. The first kappa shape index (κ1) is 17.6. The van der Waals surface area contributed by atoms with Crippen molar-refractivity contribution in [2.75, 3.05) is 13.7 Å². The van der Waals surface area contributed by atoms with Crippen LogP contribution in [0.2, 0.25) is 0 Å². The van der Waals surface area contributed by atoms with Crippen molar-refractivity contribution in [1.29, 1.82) is 0 Å². The van der Waals surface area contributed by atoms with Gasteiger partial charge in [0.1, 0.15) is 6.61 Å².